The second-order valence-corrected chi connectivity index (χ2v) is 8.57. The Morgan fingerprint density at radius 3 is 2.57 bits per heavy atom. The Bertz CT molecular complexity index is 833. The molecule has 1 aliphatic rings. The van der Waals surface area contributed by atoms with Crippen molar-refractivity contribution >= 4 is 29.9 Å². The molecular weight excluding hydrogens is 368 g/mol. The van der Waals surface area contributed by atoms with E-state index in [2.05, 4.69) is 31.2 Å². The highest BCUT2D eigenvalue weighted by molar-refractivity contribution is 7.99. The molecule has 0 aromatic heterocycles. The number of ether oxygens (including phenoxy) is 1. The quantitative estimate of drug-likeness (QED) is 0.572. The fourth-order valence-electron chi connectivity index (χ4n) is 4.09. The number of hydrogen-bond acceptors (Lipinski definition) is 3. The maximum Gasteiger partial charge on any atom is 0.335 e. The zero-order valence-corrected chi connectivity index (χ0v) is 17.4. The summed E-state index contributed by atoms with van der Waals surface area (Å²) in [5.41, 5.74) is 4.02. The van der Waals surface area contributed by atoms with Gasteiger partial charge in [-0.1, -0.05) is 49.8 Å². The molecule has 1 unspecified atom stereocenters. The molecule has 0 saturated carbocycles. The van der Waals surface area contributed by atoms with E-state index in [0.717, 1.165) is 30.8 Å². The Morgan fingerprint density at radius 1 is 1.18 bits per heavy atom. The van der Waals surface area contributed by atoms with Crippen LogP contribution in [0.1, 0.15) is 59.7 Å². The zero-order chi connectivity index (χ0) is 20.0. The van der Waals surface area contributed by atoms with Crippen LogP contribution < -0.4 is 0 Å². The van der Waals surface area contributed by atoms with Crippen molar-refractivity contribution in [3.05, 3.63) is 64.7 Å². The van der Waals surface area contributed by atoms with Crippen LogP contribution in [0.4, 0.5) is 0 Å². The maximum atomic E-state index is 11.0. The highest BCUT2D eigenvalue weighted by Crippen LogP contribution is 2.44. The number of carboxylic acids is 1. The first-order valence-electron chi connectivity index (χ1n) is 9.86. The van der Waals surface area contributed by atoms with E-state index in [9.17, 15) is 4.79 Å². The molecular formula is C24H28O3S. The highest BCUT2D eigenvalue weighted by Gasteiger charge is 2.34. The minimum absolute atomic E-state index is 0.122. The van der Waals surface area contributed by atoms with Gasteiger partial charge in [-0.05, 0) is 59.9 Å². The molecule has 148 valence electrons. The standard InChI is InChI=1S/C24H28O3S/c1-3-13-24(17-27-2)14-4-15-28-22-16-19(9-12-21(22)24)6-5-18-7-10-20(11-8-18)23(25)26/h5-12,16H,3-4,13-15,17H2,1-2H3,(H,25,26)/b6-5+. The average Bonchev–Trinajstić information content (AvgIpc) is 2.87. The van der Waals surface area contributed by atoms with Crippen LogP contribution in [0.5, 0.6) is 0 Å². The number of carbonyl (C=O) groups is 1. The normalized spacial score (nSPS) is 19.4. The van der Waals surface area contributed by atoms with Gasteiger partial charge in [-0.3, -0.25) is 0 Å². The SMILES string of the molecule is CCCC1(COC)CCCSc2cc(/C=C/c3ccc(C(=O)O)cc3)ccc21. The highest BCUT2D eigenvalue weighted by atomic mass is 32.2. The van der Waals surface area contributed by atoms with Crippen LogP contribution in [-0.4, -0.2) is 30.5 Å². The second-order valence-electron chi connectivity index (χ2n) is 7.43. The van der Waals surface area contributed by atoms with E-state index in [4.69, 9.17) is 9.84 Å². The molecule has 1 heterocycles. The van der Waals surface area contributed by atoms with E-state index in [0.29, 0.717) is 5.56 Å². The Labute approximate surface area is 171 Å². The molecule has 0 radical (unpaired) electrons. The summed E-state index contributed by atoms with van der Waals surface area (Å²) >= 11 is 1.95. The minimum Gasteiger partial charge on any atom is -0.478 e. The third-order valence-electron chi connectivity index (χ3n) is 5.41. The summed E-state index contributed by atoms with van der Waals surface area (Å²) in [5.74, 6) is 0.247. The van der Waals surface area contributed by atoms with Crippen LogP contribution >= 0.6 is 11.8 Å². The summed E-state index contributed by atoms with van der Waals surface area (Å²) < 4.78 is 5.65. The molecule has 4 heteroatoms. The van der Waals surface area contributed by atoms with Gasteiger partial charge in [-0.2, -0.15) is 0 Å². The van der Waals surface area contributed by atoms with Crippen molar-refractivity contribution in [3.63, 3.8) is 0 Å². The van der Waals surface area contributed by atoms with Crippen molar-refractivity contribution in [1.82, 2.24) is 0 Å². The number of rotatable bonds is 7. The monoisotopic (exact) mass is 396 g/mol. The summed E-state index contributed by atoms with van der Waals surface area (Å²) in [6, 6.07) is 13.7. The molecule has 28 heavy (non-hydrogen) atoms. The number of carboxylic acid groups (broad SMARTS) is 1. The Hall–Kier alpha value is -2.04. The lowest BCUT2D eigenvalue weighted by Gasteiger charge is -2.33. The van der Waals surface area contributed by atoms with Gasteiger partial charge in [0.15, 0.2) is 0 Å². The molecule has 0 fully saturated rings. The average molecular weight is 397 g/mol. The largest absolute Gasteiger partial charge is 0.478 e. The van der Waals surface area contributed by atoms with E-state index >= 15 is 0 Å². The lowest BCUT2D eigenvalue weighted by Crippen LogP contribution is -2.31. The van der Waals surface area contributed by atoms with Gasteiger partial charge in [-0.25, -0.2) is 4.79 Å². The van der Waals surface area contributed by atoms with E-state index in [-0.39, 0.29) is 5.41 Å². The lowest BCUT2D eigenvalue weighted by atomic mass is 9.74. The summed E-state index contributed by atoms with van der Waals surface area (Å²) in [4.78, 5) is 12.3. The summed E-state index contributed by atoms with van der Waals surface area (Å²) in [5, 5.41) is 9.01. The molecule has 2 aromatic carbocycles. The number of aromatic carboxylic acids is 1. The number of methoxy groups -OCH3 is 1. The number of thioether (sulfide) groups is 1. The second kappa shape index (κ2) is 9.44. The van der Waals surface area contributed by atoms with Gasteiger partial charge >= 0.3 is 5.97 Å². The number of fused-ring (bicyclic) bond motifs is 1. The van der Waals surface area contributed by atoms with Gasteiger partial charge in [0, 0.05) is 17.4 Å². The smallest absolute Gasteiger partial charge is 0.335 e. The minimum atomic E-state index is -0.898. The Balaban J connectivity index is 1.87. The van der Waals surface area contributed by atoms with Gasteiger partial charge in [0.2, 0.25) is 0 Å². The van der Waals surface area contributed by atoms with Crippen molar-refractivity contribution in [1.29, 1.82) is 0 Å². The van der Waals surface area contributed by atoms with Crippen molar-refractivity contribution in [3.8, 4) is 0 Å². The molecule has 3 nitrogen and oxygen atoms in total. The predicted octanol–water partition coefficient (Wildman–Crippen LogP) is 6.13. The number of hydrogen-bond donors (Lipinski definition) is 1. The zero-order valence-electron chi connectivity index (χ0n) is 16.6. The van der Waals surface area contributed by atoms with Gasteiger partial charge in [-0.15, -0.1) is 11.8 Å². The molecule has 1 aliphatic heterocycles. The van der Waals surface area contributed by atoms with Crippen LogP contribution in [0.3, 0.4) is 0 Å². The van der Waals surface area contributed by atoms with E-state index in [1.54, 1.807) is 12.1 Å². The fourth-order valence-corrected chi connectivity index (χ4v) is 5.26. The molecule has 0 spiro atoms. The molecule has 0 bridgehead atoms. The molecule has 1 atom stereocenters. The van der Waals surface area contributed by atoms with Gasteiger partial charge < -0.3 is 9.84 Å². The van der Waals surface area contributed by atoms with Crippen molar-refractivity contribution in [2.24, 2.45) is 0 Å². The molecule has 3 rings (SSSR count). The van der Waals surface area contributed by atoms with Crippen LogP contribution in [0.15, 0.2) is 47.4 Å². The maximum absolute atomic E-state index is 11.0. The number of benzene rings is 2. The topological polar surface area (TPSA) is 46.5 Å². The van der Waals surface area contributed by atoms with E-state index < -0.39 is 5.97 Å². The van der Waals surface area contributed by atoms with Crippen molar-refractivity contribution in [2.45, 2.75) is 42.9 Å². The van der Waals surface area contributed by atoms with Crippen LogP contribution in [0.2, 0.25) is 0 Å². The van der Waals surface area contributed by atoms with Gasteiger partial charge in [0.25, 0.3) is 0 Å². The third kappa shape index (κ3) is 4.68. The molecule has 0 aliphatic carbocycles. The molecule has 0 saturated heterocycles. The van der Waals surface area contributed by atoms with Gasteiger partial charge in [0.05, 0.1) is 12.2 Å². The predicted molar refractivity (Wildman–Crippen MR) is 117 cm³/mol. The Kier molecular flexibility index (Phi) is 6.97. The van der Waals surface area contributed by atoms with Crippen molar-refractivity contribution < 1.29 is 14.6 Å². The van der Waals surface area contributed by atoms with Crippen molar-refractivity contribution in [2.75, 3.05) is 19.5 Å². The first kappa shape index (κ1) is 20.7. The summed E-state index contributed by atoms with van der Waals surface area (Å²) in [6.45, 7) is 3.03. The first-order chi connectivity index (χ1) is 13.6. The van der Waals surface area contributed by atoms with Crippen LogP contribution in [-0.2, 0) is 10.2 Å². The third-order valence-corrected chi connectivity index (χ3v) is 6.55. The van der Waals surface area contributed by atoms with E-state index in [1.807, 2.05) is 37.1 Å². The fraction of sp³-hybridized carbons (Fsp3) is 0.375. The van der Waals surface area contributed by atoms with E-state index in [1.165, 1.54) is 28.9 Å². The first-order valence-corrected chi connectivity index (χ1v) is 10.8. The van der Waals surface area contributed by atoms with Gasteiger partial charge in [0.1, 0.15) is 0 Å². The summed E-state index contributed by atoms with van der Waals surface area (Å²) in [7, 11) is 1.81. The molecule has 0 amide bonds. The Morgan fingerprint density at radius 2 is 1.89 bits per heavy atom. The molecule has 1 N–H and O–H groups in total. The lowest BCUT2D eigenvalue weighted by molar-refractivity contribution is 0.0697. The molecule has 2 aromatic rings. The van der Waals surface area contributed by atoms with Crippen LogP contribution in [0, 0.1) is 0 Å². The summed E-state index contributed by atoms with van der Waals surface area (Å²) in [6.07, 6.45) is 8.83. The van der Waals surface area contributed by atoms with Crippen LogP contribution in [0.25, 0.3) is 12.2 Å².